The maximum Gasteiger partial charge on any atom is 0.0280 e. The Morgan fingerprint density at radius 1 is 1.00 bits per heavy atom. The summed E-state index contributed by atoms with van der Waals surface area (Å²) in [7, 11) is 0. The van der Waals surface area contributed by atoms with Crippen LogP contribution in [-0.4, -0.2) is 18.6 Å². The predicted octanol–water partition coefficient (Wildman–Crippen LogP) is 2.04. The van der Waals surface area contributed by atoms with E-state index in [1.807, 2.05) is 0 Å². The molecule has 0 unspecified atom stereocenters. The molecule has 2 saturated carbocycles. The summed E-state index contributed by atoms with van der Waals surface area (Å²) in [6.07, 6.45) is 9.41. The van der Waals surface area contributed by atoms with E-state index < -0.39 is 0 Å². The summed E-state index contributed by atoms with van der Waals surface area (Å²) >= 11 is 0. The molecular weight excluding hydrogens is 172 g/mol. The number of rotatable bonds is 4. The van der Waals surface area contributed by atoms with Crippen LogP contribution in [0.4, 0.5) is 0 Å². The van der Waals surface area contributed by atoms with E-state index in [0.717, 1.165) is 6.54 Å². The Morgan fingerprint density at radius 2 is 1.64 bits per heavy atom. The van der Waals surface area contributed by atoms with Gasteiger partial charge in [-0.1, -0.05) is 19.8 Å². The van der Waals surface area contributed by atoms with Gasteiger partial charge in [-0.05, 0) is 37.5 Å². The molecule has 0 aromatic carbocycles. The molecule has 0 aromatic heterocycles. The van der Waals surface area contributed by atoms with Crippen LogP contribution in [0, 0.1) is 5.41 Å². The smallest absolute Gasteiger partial charge is 0.0280 e. The van der Waals surface area contributed by atoms with Crippen molar-refractivity contribution in [2.75, 3.05) is 13.1 Å². The molecule has 0 amide bonds. The lowest BCUT2D eigenvalue weighted by molar-refractivity contribution is 0.220. The van der Waals surface area contributed by atoms with Crippen LogP contribution in [0.25, 0.3) is 0 Å². The van der Waals surface area contributed by atoms with E-state index in [1.165, 1.54) is 51.5 Å². The van der Waals surface area contributed by atoms with Crippen molar-refractivity contribution >= 4 is 0 Å². The molecular formula is C12H24N2. The molecule has 3 N–H and O–H groups in total. The second kappa shape index (κ2) is 3.82. The molecule has 14 heavy (non-hydrogen) atoms. The summed E-state index contributed by atoms with van der Waals surface area (Å²) in [6.45, 7) is 4.62. The summed E-state index contributed by atoms with van der Waals surface area (Å²) in [5, 5.41) is 3.59. The summed E-state index contributed by atoms with van der Waals surface area (Å²) in [5.41, 5.74) is 6.89. The molecule has 2 aliphatic carbocycles. The largest absolute Gasteiger partial charge is 0.324 e. The highest BCUT2D eigenvalue weighted by molar-refractivity contribution is 4.95. The highest BCUT2D eigenvalue weighted by atomic mass is 15.0. The van der Waals surface area contributed by atoms with Gasteiger partial charge in [-0.3, -0.25) is 0 Å². The summed E-state index contributed by atoms with van der Waals surface area (Å²) in [4.78, 5) is 0. The van der Waals surface area contributed by atoms with Crippen molar-refractivity contribution in [3.8, 4) is 0 Å². The highest BCUT2D eigenvalue weighted by Gasteiger charge is 2.33. The van der Waals surface area contributed by atoms with Crippen LogP contribution in [0.1, 0.15) is 51.9 Å². The molecule has 82 valence electrons. The Hall–Kier alpha value is -0.0800. The molecule has 2 nitrogen and oxygen atoms in total. The average Bonchev–Trinajstić information content (AvgIpc) is 2.50. The fraction of sp³-hybridized carbons (Fsp3) is 1.00. The van der Waals surface area contributed by atoms with Crippen molar-refractivity contribution in [2.24, 2.45) is 11.1 Å². The van der Waals surface area contributed by atoms with Crippen molar-refractivity contribution < 1.29 is 0 Å². The van der Waals surface area contributed by atoms with Gasteiger partial charge in [0.05, 0.1) is 0 Å². The lowest BCUT2D eigenvalue weighted by atomic mass is 9.77. The third kappa shape index (κ3) is 2.29. The van der Waals surface area contributed by atoms with Gasteiger partial charge in [0.25, 0.3) is 0 Å². The zero-order valence-electron chi connectivity index (χ0n) is 9.44. The summed E-state index contributed by atoms with van der Waals surface area (Å²) < 4.78 is 0. The van der Waals surface area contributed by atoms with Crippen LogP contribution in [0.5, 0.6) is 0 Å². The van der Waals surface area contributed by atoms with E-state index in [-0.39, 0.29) is 5.54 Å². The van der Waals surface area contributed by atoms with Crippen molar-refractivity contribution in [3.63, 3.8) is 0 Å². The molecule has 2 aliphatic rings. The zero-order valence-corrected chi connectivity index (χ0v) is 9.44. The molecule has 0 aliphatic heterocycles. The number of hydrogen-bond donors (Lipinski definition) is 2. The van der Waals surface area contributed by atoms with Crippen LogP contribution in [0.3, 0.4) is 0 Å². The Kier molecular flexibility index (Phi) is 2.85. The number of nitrogens with one attached hydrogen (secondary N) is 1. The lowest BCUT2D eigenvalue weighted by Crippen LogP contribution is -2.54. The normalized spacial score (nSPS) is 28.7. The lowest BCUT2D eigenvalue weighted by Gasteiger charge is -2.39. The van der Waals surface area contributed by atoms with Crippen LogP contribution in [0.2, 0.25) is 0 Å². The van der Waals surface area contributed by atoms with Crippen LogP contribution in [-0.2, 0) is 0 Å². The topological polar surface area (TPSA) is 38.0 Å². The fourth-order valence-corrected chi connectivity index (χ4v) is 2.83. The first-order chi connectivity index (χ1) is 6.62. The van der Waals surface area contributed by atoms with Gasteiger partial charge < -0.3 is 11.1 Å². The Bertz CT molecular complexity index is 190. The van der Waals surface area contributed by atoms with Gasteiger partial charge in [0, 0.05) is 18.6 Å². The minimum absolute atomic E-state index is 0.148. The minimum Gasteiger partial charge on any atom is -0.324 e. The first-order valence-corrected chi connectivity index (χ1v) is 6.12. The number of hydrogen-bond acceptors (Lipinski definition) is 2. The predicted molar refractivity (Wildman–Crippen MR) is 60.2 cm³/mol. The third-order valence-electron chi connectivity index (χ3n) is 4.19. The zero-order chi connectivity index (χ0) is 10.1. The molecule has 0 radical (unpaired) electrons. The second-order valence-electron chi connectivity index (χ2n) is 5.84. The van der Waals surface area contributed by atoms with Gasteiger partial charge in [0.1, 0.15) is 0 Å². The Balaban J connectivity index is 1.67. The van der Waals surface area contributed by atoms with Gasteiger partial charge in [0.2, 0.25) is 0 Å². The van der Waals surface area contributed by atoms with E-state index in [4.69, 9.17) is 5.73 Å². The fourth-order valence-electron chi connectivity index (χ4n) is 2.83. The van der Waals surface area contributed by atoms with Crippen LogP contribution >= 0.6 is 0 Å². The van der Waals surface area contributed by atoms with Crippen molar-refractivity contribution in [3.05, 3.63) is 0 Å². The summed E-state index contributed by atoms with van der Waals surface area (Å²) in [5.74, 6) is 0. The molecule has 0 saturated heterocycles. The molecule has 0 atom stereocenters. The molecule has 0 heterocycles. The minimum atomic E-state index is 0.148. The third-order valence-corrected chi connectivity index (χ3v) is 4.19. The van der Waals surface area contributed by atoms with Gasteiger partial charge >= 0.3 is 0 Å². The van der Waals surface area contributed by atoms with Gasteiger partial charge in [-0.15, -0.1) is 0 Å². The first-order valence-electron chi connectivity index (χ1n) is 6.12. The van der Waals surface area contributed by atoms with Gasteiger partial charge in [-0.2, -0.15) is 0 Å². The monoisotopic (exact) mass is 196 g/mol. The maximum absolute atomic E-state index is 6.17. The van der Waals surface area contributed by atoms with E-state index in [2.05, 4.69) is 12.2 Å². The number of nitrogens with two attached hydrogens (primary N) is 1. The molecule has 2 fully saturated rings. The standard InChI is InChI=1S/C12H24N2/c1-11(5-2-3-6-11)9-14-10-12(13)7-4-8-12/h14H,2-10,13H2,1H3. The molecule has 2 heteroatoms. The Morgan fingerprint density at radius 3 is 2.14 bits per heavy atom. The van der Waals surface area contributed by atoms with Gasteiger partial charge in [0.15, 0.2) is 0 Å². The maximum atomic E-state index is 6.17. The molecule has 2 rings (SSSR count). The quantitative estimate of drug-likeness (QED) is 0.722. The van der Waals surface area contributed by atoms with E-state index in [9.17, 15) is 0 Å². The van der Waals surface area contributed by atoms with Crippen LogP contribution < -0.4 is 11.1 Å². The van der Waals surface area contributed by atoms with Crippen LogP contribution in [0.15, 0.2) is 0 Å². The SMILES string of the molecule is CC1(CNCC2(N)CCC2)CCCC1. The van der Waals surface area contributed by atoms with E-state index >= 15 is 0 Å². The van der Waals surface area contributed by atoms with E-state index in [0.29, 0.717) is 5.41 Å². The van der Waals surface area contributed by atoms with Crippen molar-refractivity contribution in [1.82, 2.24) is 5.32 Å². The molecule has 0 aromatic rings. The molecule has 0 spiro atoms. The second-order valence-corrected chi connectivity index (χ2v) is 5.84. The van der Waals surface area contributed by atoms with Crippen molar-refractivity contribution in [2.45, 2.75) is 57.4 Å². The average molecular weight is 196 g/mol. The Labute approximate surface area is 87.6 Å². The van der Waals surface area contributed by atoms with Gasteiger partial charge in [-0.25, -0.2) is 0 Å². The first kappa shape index (κ1) is 10.4. The van der Waals surface area contributed by atoms with E-state index in [1.54, 1.807) is 0 Å². The molecule has 0 bridgehead atoms. The summed E-state index contributed by atoms with van der Waals surface area (Å²) in [6, 6.07) is 0. The van der Waals surface area contributed by atoms with Crippen molar-refractivity contribution in [1.29, 1.82) is 0 Å². The highest BCUT2D eigenvalue weighted by Crippen LogP contribution is 2.37.